The maximum absolute atomic E-state index is 12.0. The summed E-state index contributed by atoms with van der Waals surface area (Å²) in [6.45, 7) is 4.36. The van der Waals surface area contributed by atoms with Crippen LogP contribution in [0.15, 0.2) is 94.7 Å². The predicted molar refractivity (Wildman–Crippen MR) is 214 cm³/mol. The van der Waals surface area contributed by atoms with E-state index in [0.29, 0.717) is 35.5 Å². The van der Waals surface area contributed by atoms with Crippen molar-refractivity contribution in [3.63, 3.8) is 0 Å². The van der Waals surface area contributed by atoms with Crippen LogP contribution in [0.2, 0.25) is 0 Å². The molecule has 0 amide bonds. The van der Waals surface area contributed by atoms with Crippen LogP contribution in [-0.2, 0) is 33.1 Å². The predicted octanol–water partition coefficient (Wildman–Crippen LogP) is 10.1. The second-order valence-electron chi connectivity index (χ2n) is 13.3. The van der Waals surface area contributed by atoms with Crippen LogP contribution in [0.1, 0.15) is 115 Å². The topological polar surface area (TPSA) is 173 Å². The quantitative estimate of drug-likeness (QED) is 0.0441. The summed E-state index contributed by atoms with van der Waals surface area (Å²) in [6.07, 6.45) is 16.8. The molecule has 0 aliphatic rings. The Morgan fingerprint density at radius 2 is 0.927 bits per heavy atom. The number of hydrogen-bond acceptors (Lipinski definition) is 9. The molecule has 0 saturated carbocycles. The molecule has 55 heavy (non-hydrogen) atoms. The molecule has 13 heteroatoms. The van der Waals surface area contributed by atoms with Gasteiger partial charge in [0.05, 0.1) is 0 Å². The van der Waals surface area contributed by atoms with Gasteiger partial charge < -0.3 is 24.2 Å². The van der Waals surface area contributed by atoms with Crippen LogP contribution in [0, 0.1) is 0 Å². The summed E-state index contributed by atoms with van der Waals surface area (Å²) in [7, 11) is -9.11. The summed E-state index contributed by atoms with van der Waals surface area (Å²) < 4.78 is 80.4. The number of aryl methyl sites for hydroxylation is 2. The molecule has 0 unspecified atom stereocenters. The van der Waals surface area contributed by atoms with Crippen molar-refractivity contribution in [1.29, 1.82) is 0 Å². The number of aromatic hydroxyl groups is 1. The van der Waals surface area contributed by atoms with E-state index in [1.165, 1.54) is 112 Å². The smallest absolute Gasteiger partial charge is 0.872 e. The zero-order valence-electron chi connectivity index (χ0n) is 32.1. The van der Waals surface area contributed by atoms with Gasteiger partial charge in [-0.2, -0.15) is 8.42 Å². The van der Waals surface area contributed by atoms with Crippen molar-refractivity contribution in [3.8, 4) is 34.5 Å². The molecule has 0 heterocycles. The van der Waals surface area contributed by atoms with Gasteiger partial charge in [0.15, 0.2) is 0 Å². The number of benzene rings is 4. The summed E-state index contributed by atoms with van der Waals surface area (Å²) in [5, 5.41) is 20.5. The number of phenolic OH excluding ortho intramolecular Hbond substituents is 1. The number of ether oxygens (including phenoxy) is 2. The van der Waals surface area contributed by atoms with E-state index in [0.717, 1.165) is 38.5 Å². The molecule has 0 aliphatic carbocycles. The Bertz CT molecular complexity index is 1770. The summed E-state index contributed by atoms with van der Waals surface area (Å²) in [5.74, 6) is 0.697. The first-order valence-corrected chi connectivity index (χ1v) is 21.8. The zero-order chi connectivity index (χ0) is 39.4. The summed E-state index contributed by atoms with van der Waals surface area (Å²) in [6, 6.07) is 21.3. The van der Waals surface area contributed by atoms with Crippen molar-refractivity contribution in [1.82, 2.24) is 0 Å². The fourth-order valence-electron chi connectivity index (χ4n) is 6.07. The second kappa shape index (κ2) is 25.4. The number of hydrogen-bond donors (Lipinski definition) is 2. The fourth-order valence-corrected chi connectivity index (χ4v) is 7.79. The third kappa shape index (κ3) is 17.9. The van der Waals surface area contributed by atoms with Crippen molar-refractivity contribution >= 4 is 58.0 Å². The Morgan fingerprint density at radius 3 is 1.35 bits per heavy atom. The van der Waals surface area contributed by atoms with Crippen LogP contribution < -0.4 is 14.6 Å². The molecule has 4 aromatic carbocycles. The van der Waals surface area contributed by atoms with Crippen LogP contribution in [0.25, 0.3) is 0 Å². The zero-order valence-corrected chi connectivity index (χ0v) is 35.9. The van der Waals surface area contributed by atoms with Gasteiger partial charge in [-0.15, -0.1) is 5.75 Å². The van der Waals surface area contributed by atoms with Crippen molar-refractivity contribution in [2.75, 3.05) is 0 Å². The molecule has 0 radical (unpaired) electrons. The number of rotatable bonds is 22. The molecule has 0 aliphatic heterocycles. The van der Waals surface area contributed by atoms with Gasteiger partial charge in [0, 0.05) is 0 Å². The van der Waals surface area contributed by atoms with Gasteiger partial charge in [-0.1, -0.05) is 127 Å². The third-order valence-corrected chi connectivity index (χ3v) is 10.8. The monoisotopic (exact) mass is 822 g/mol. The molecule has 0 spiro atoms. The van der Waals surface area contributed by atoms with E-state index in [9.17, 15) is 36.2 Å². The van der Waals surface area contributed by atoms with E-state index >= 15 is 0 Å². The Labute approximate surface area is 357 Å². The average Bonchev–Trinajstić information content (AvgIpc) is 3.12. The minimum absolute atomic E-state index is 0. The van der Waals surface area contributed by atoms with E-state index in [-0.39, 0.29) is 70.5 Å². The van der Waals surface area contributed by atoms with Gasteiger partial charge in [0.1, 0.15) is 48.7 Å². The average molecular weight is 823 g/mol. The van der Waals surface area contributed by atoms with Crippen molar-refractivity contribution in [2.45, 2.75) is 126 Å². The van der Waals surface area contributed by atoms with Crippen LogP contribution in [-0.4, -0.2) is 68.8 Å². The summed E-state index contributed by atoms with van der Waals surface area (Å²) in [5.41, 5.74) is 1.04. The van der Waals surface area contributed by atoms with E-state index in [4.69, 9.17) is 9.47 Å². The molecular formula is C42H54CaO10S2. The molecule has 0 fully saturated rings. The Hall–Kier alpha value is -2.84. The maximum Gasteiger partial charge on any atom is 2.00 e. The summed E-state index contributed by atoms with van der Waals surface area (Å²) >= 11 is 0. The number of phenols is 1. The standard InChI is InChI=1S/2C21H28O5S.Ca/c2*1-2-3-4-5-6-7-8-10-17-11-9-12-20(21(17)27(23,24)25)26-19-15-13-18(22)14-16-19;/h2*9,11-16,22H,2-8,10H2,1H3,(H,23,24,25);/q;;+2/p-2. The molecular weight excluding hydrogens is 769 g/mol. The molecule has 10 nitrogen and oxygen atoms in total. The maximum atomic E-state index is 12.0. The summed E-state index contributed by atoms with van der Waals surface area (Å²) in [4.78, 5) is -0.480. The van der Waals surface area contributed by atoms with E-state index < -0.39 is 20.2 Å². The van der Waals surface area contributed by atoms with Gasteiger partial charge in [-0.05, 0) is 85.3 Å². The van der Waals surface area contributed by atoms with Crippen LogP contribution >= 0.6 is 0 Å². The van der Waals surface area contributed by atoms with E-state index in [1.54, 1.807) is 24.3 Å². The minimum Gasteiger partial charge on any atom is -0.872 e. The van der Waals surface area contributed by atoms with Gasteiger partial charge >= 0.3 is 37.7 Å². The van der Waals surface area contributed by atoms with Gasteiger partial charge in [-0.25, -0.2) is 8.42 Å². The molecule has 296 valence electrons. The molecule has 0 saturated heterocycles. The molecule has 0 bridgehead atoms. The molecule has 0 aromatic heterocycles. The van der Waals surface area contributed by atoms with Crippen molar-refractivity contribution in [2.24, 2.45) is 0 Å². The molecule has 4 aromatic rings. The van der Waals surface area contributed by atoms with E-state index in [2.05, 4.69) is 13.8 Å². The number of unbranched alkanes of at least 4 members (excludes halogenated alkanes) is 12. The van der Waals surface area contributed by atoms with Gasteiger partial charge in [0.2, 0.25) is 0 Å². The third-order valence-electron chi connectivity index (χ3n) is 8.84. The SMILES string of the molecule is CCCCCCCCCc1cccc(Oc2ccc(O)cc2)c1S(=O)(=O)O.CCCCCCCCCc1cccc(Oc2ccc([O-])cc2)c1S(=O)(=O)[O-].[Ca+2]. The first-order chi connectivity index (χ1) is 25.8. The van der Waals surface area contributed by atoms with E-state index in [1.807, 2.05) is 0 Å². The van der Waals surface area contributed by atoms with Gasteiger partial charge in [-0.3, -0.25) is 4.55 Å². The largest absolute Gasteiger partial charge is 2.00 e. The second-order valence-corrected chi connectivity index (χ2v) is 16.0. The molecule has 4 rings (SSSR count). The Kier molecular flexibility index (Phi) is 22.3. The first-order valence-electron chi connectivity index (χ1n) is 18.9. The van der Waals surface area contributed by atoms with Crippen LogP contribution in [0.3, 0.4) is 0 Å². The molecule has 2 N–H and O–H groups in total. The van der Waals surface area contributed by atoms with Crippen molar-refractivity contribution in [3.05, 3.63) is 96.1 Å². The van der Waals surface area contributed by atoms with Crippen LogP contribution in [0.5, 0.6) is 34.5 Å². The minimum atomic E-state index is -4.68. The van der Waals surface area contributed by atoms with Crippen LogP contribution in [0.4, 0.5) is 0 Å². The van der Waals surface area contributed by atoms with Gasteiger partial charge in [0.25, 0.3) is 10.1 Å². The first kappa shape index (κ1) is 48.3. The Balaban J connectivity index is 0.000000373. The normalized spacial score (nSPS) is 11.3. The van der Waals surface area contributed by atoms with Crippen molar-refractivity contribution < 1.29 is 45.6 Å². The molecule has 0 atom stereocenters. The fraction of sp³-hybridized carbons (Fsp3) is 0.429. The Morgan fingerprint density at radius 1 is 0.545 bits per heavy atom.